The third-order valence-electron chi connectivity index (χ3n) is 15.5. The average Bonchev–Trinajstić information content (AvgIpc) is 3.78. The van der Waals surface area contributed by atoms with Crippen molar-refractivity contribution in [2.45, 2.75) is 126 Å². The number of aromatic amines is 1. The molecule has 10 atom stereocenters. The first-order valence-electron chi connectivity index (χ1n) is 19.6. The van der Waals surface area contributed by atoms with Crippen molar-refractivity contribution in [2.75, 3.05) is 7.05 Å². The second-order valence-electron chi connectivity index (χ2n) is 17.6. The number of benzene rings is 1. The van der Waals surface area contributed by atoms with Crippen molar-refractivity contribution in [3.05, 3.63) is 47.7 Å². The van der Waals surface area contributed by atoms with Crippen LogP contribution in [-0.2, 0) is 6.42 Å². The molecule has 1 aromatic carbocycles. The van der Waals surface area contributed by atoms with Crippen molar-refractivity contribution in [1.29, 1.82) is 0 Å². The summed E-state index contributed by atoms with van der Waals surface area (Å²) < 4.78 is 0. The third-order valence-corrected chi connectivity index (χ3v) is 15.5. The van der Waals surface area contributed by atoms with E-state index in [9.17, 15) is 15.3 Å². The molecule has 262 valence electrons. The zero-order valence-corrected chi connectivity index (χ0v) is 29.3. The van der Waals surface area contributed by atoms with Crippen LogP contribution in [0.1, 0.15) is 102 Å². The van der Waals surface area contributed by atoms with Crippen molar-refractivity contribution in [3.8, 4) is 11.8 Å². The summed E-state index contributed by atoms with van der Waals surface area (Å²) in [6.45, 7) is 0. The molecule has 8 aliphatic carbocycles. The van der Waals surface area contributed by atoms with Crippen LogP contribution in [0.15, 0.2) is 47.0 Å². The van der Waals surface area contributed by atoms with Gasteiger partial charge in [0.15, 0.2) is 5.96 Å². The SMILES string of the molecule is CN=C(N)NC1C#CC2CC3(C=C(Cc4cc5ccccc5[nH]4)C24CC2CCC4C4C(CC(O)C4(O)C1)C2(O)C1CCCCC1)CCCC3. The van der Waals surface area contributed by atoms with E-state index < -0.39 is 23.3 Å². The fraction of sp³-hybridized carbons (Fsp3) is 0.690. The summed E-state index contributed by atoms with van der Waals surface area (Å²) in [6, 6.07) is 10.5. The van der Waals surface area contributed by atoms with E-state index in [0.717, 1.165) is 57.8 Å². The fourth-order valence-corrected chi connectivity index (χ4v) is 13.5. The van der Waals surface area contributed by atoms with Crippen molar-refractivity contribution < 1.29 is 15.3 Å². The molecule has 7 N–H and O–H groups in total. The summed E-state index contributed by atoms with van der Waals surface area (Å²) in [5.74, 6) is 8.06. The second kappa shape index (κ2) is 11.6. The molecule has 4 bridgehead atoms. The molecule has 7 heteroatoms. The predicted molar refractivity (Wildman–Crippen MR) is 193 cm³/mol. The lowest BCUT2D eigenvalue weighted by Gasteiger charge is -2.58. The number of H-pyrrole nitrogens is 1. The predicted octanol–water partition coefficient (Wildman–Crippen LogP) is 5.98. The first-order chi connectivity index (χ1) is 23.7. The quantitative estimate of drug-likeness (QED) is 0.104. The van der Waals surface area contributed by atoms with E-state index in [0.29, 0.717) is 12.4 Å². The van der Waals surface area contributed by atoms with E-state index in [4.69, 9.17) is 5.73 Å². The molecule has 0 aliphatic heterocycles. The van der Waals surface area contributed by atoms with Crippen LogP contribution in [0.25, 0.3) is 10.9 Å². The molecule has 8 aliphatic rings. The minimum atomic E-state index is -1.39. The maximum absolute atomic E-state index is 13.6. The van der Waals surface area contributed by atoms with E-state index in [1.165, 1.54) is 54.3 Å². The van der Waals surface area contributed by atoms with Crippen LogP contribution in [0.5, 0.6) is 0 Å². The Morgan fingerprint density at radius 3 is 2.53 bits per heavy atom. The highest BCUT2D eigenvalue weighted by Gasteiger charge is 2.73. The maximum Gasteiger partial charge on any atom is 0.189 e. The van der Waals surface area contributed by atoms with Gasteiger partial charge in [0.1, 0.15) is 0 Å². The van der Waals surface area contributed by atoms with Gasteiger partial charge in [-0.15, -0.1) is 0 Å². The topological polar surface area (TPSA) is 127 Å². The Morgan fingerprint density at radius 2 is 1.76 bits per heavy atom. The summed E-state index contributed by atoms with van der Waals surface area (Å²) in [5, 5.41) is 43.4. The highest BCUT2D eigenvalue weighted by molar-refractivity contribution is 5.80. The van der Waals surface area contributed by atoms with E-state index in [2.05, 4.69) is 63.5 Å². The van der Waals surface area contributed by atoms with Crippen LogP contribution in [0.4, 0.5) is 0 Å². The molecule has 0 radical (unpaired) electrons. The van der Waals surface area contributed by atoms with Crippen LogP contribution in [0, 0.1) is 58.2 Å². The van der Waals surface area contributed by atoms with Crippen LogP contribution in [-0.4, -0.2) is 56.7 Å². The highest BCUT2D eigenvalue weighted by Crippen LogP contribution is 2.73. The van der Waals surface area contributed by atoms with Crippen LogP contribution in [0.3, 0.4) is 0 Å². The van der Waals surface area contributed by atoms with Crippen molar-refractivity contribution in [3.63, 3.8) is 0 Å². The number of allylic oxidation sites excluding steroid dienone is 2. The van der Waals surface area contributed by atoms with Gasteiger partial charge in [0.25, 0.3) is 0 Å². The number of aliphatic imine (C=N–C) groups is 1. The Labute approximate surface area is 291 Å². The van der Waals surface area contributed by atoms with Gasteiger partial charge in [-0.2, -0.15) is 0 Å². The lowest BCUT2D eigenvalue weighted by molar-refractivity contribution is -0.142. The fourth-order valence-electron chi connectivity index (χ4n) is 13.5. The van der Waals surface area contributed by atoms with E-state index in [-0.39, 0.29) is 52.8 Å². The molecule has 0 amide bonds. The molecule has 1 aromatic heterocycles. The number of para-hydroxylation sites is 1. The molecule has 7 nitrogen and oxygen atoms in total. The highest BCUT2D eigenvalue weighted by atomic mass is 16.3. The van der Waals surface area contributed by atoms with Crippen molar-refractivity contribution in [1.82, 2.24) is 10.3 Å². The monoisotopic (exact) mass is 664 g/mol. The number of aromatic nitrogens is 1. The number of aliphatic hydroxyl groups excluding tert-OH is 1. The van der Waals surface area contributed by atoms with Crippen molar-refractivity contribution >= 4 is 16.9 Å². The van der Waals surface area contributed by atoms with Gasteiger partial charge in [0.05, 0.1) is 23.3 Å². The summed E-state index contributed by atoms with van der Waals surface area (Å²) in [4.78, 5) is 7.98. The Bertz CT molecular complexity index is 1690. The molecule has 10 rings (SSSR count). The molecule has 10 unspecified atom stereocenters. The third kappa shape index (κ3) is 4.76. The molecule has 2 spiro atoms. The maximum atomic E-state index is 13.6. The van der Waals surface area contributed by atoms with Gasteiger partial charge in [-0.3, -0.25) is 4.99 Å². The molecule has 2 aromatic rings. The van der Waals surface area contributed by atoms with Gasteiger partial charge in [-0.25, -0.2) is 0 Å². The Morgan fingerprint density at radius 1 is 0.959 bits per heavy atom. The number of nitrogens with one attached hydrogen (secondary N) is 2. The Kier molecular flexibility index (Phi) is 7.62. The van der Waals surface area contributed by atoms with Gasteiger partial charge >= 0.3 is 0 Å². The number of nitrogens with zero attached hydrogens (tertiary/aromatic N) is 1. The van der Waals surface area contributed by atoms with Gasteiger partial charge < -0.3 is 31.4 Å². The number of aliphatic hydroxyl groups is 3. The molecular weight excluding hydrogens is 608 g/mol. The zero-order valence-electron chi connectivity index (χ0n) is 29.3. The number of fused-ring (bicyclic) bond motifs is 2. The van der Waals surface area contributed by atoms with Gasteiger partial charge in [-0.05, 0) is 110 Å². The summed E-state index contributed by atoms with van der Waals surface area (Å²) >= 11 is 0. The van der Waals surface area contributed by atoms with Gasteiger partial charge in [-0.1, -0.05) is 73.8 Å². The van der Waals surface area contributed by atoms with Crippen LogP contribution in [0.2, 0.25) is 0 Å². The molecular formula is C42H56N4O3. The first-order valence-corrected chi connectivity index (χ1v) is 19.6. The molecule has 6 fully saturated rings. The first kappa shape index (κ1) is 32.1. The van der Waals surface area contributed by atoms with E-state index in [1.807, 2.05) is 0 Å². The van der Waals surface area contributed by atoms with Crippen LogP contribution < -0.4 is 11.1 Å². The lowest BCUT2D eigenvalue weighted by atomic mass is 9.46. The number of hydrogen-bond acceptors (Lipinski definition) is 4. The number of rotatable bonds is 4. The Hall–Kier alpha value is -2.79. The summed E-state index contributed by atoms with van der Waals surface area (Å²) in [6.07, 6.45) is 17.8. The Balaban J connectivity index is 1.27. The van der Waals surface area contributed by atoms with Gasteiger partial charge in [0.2, 0.25) is 0 Å². The van der Waals surface area contributed by atoms with Gasteiger partial charge in [0, 0.05) is 42.4 Å². The second-order valence-corrected chi connectivity index (χ2v) is 17.6. The minimum Gasteiger partial charge on any atom is -0.390 e. The smallest absolute Gasteiger partial charge is 0.189 e. The number of hydrogen-bond donors (Lipinski definition) is 6. The lowest BCUT2D eigenvalue weighted by Crippen LogP contribution is -2.56. The summed E-state index contributed by atoms with van der Waals surface area (Å²) in [5.41, 5.74) is 7.69. The number of nitrogens with two attached hydrogens (primary N) is 1. The average molecular weight is 665 g/mol. The van der Waals surface area contributed by atoms with Crippen molar-refractivity contribution in [2.24, 2.45) is 57.1 Å². The minimum absolute atomic E-state index is 0.0984. The van der Waals surface area contributed by atoms with Crippen LogP contribution >= 0.6 is 0 Å². The summed E-state index contributed by atoms with van der Waals surface area (Å²) in [7, 11) is 1.67. The molecule has 49 heavy (non-hydrogen) atoms. The standard InChI is InChI=1S/C42H56N4O3/c1-44-38(43)46-31-15-13-28-22-39(17-7-8-18-39)23-30(20-32-19-26-9-5-6-12-35(26)45-32)40(28)24-29-14-16-33(40)37-34(21-36(47)41(37,48)25-31)42(29,49)27-10-3-2-4-11-27/h5-6,9,12,19,23,27-29,31,33-34,36-37,45,47-49H,2-4,7-8,10-11,14,16-18,20-22,24-25H2,1H3,(H3,43,44,46). The normalized spacial score (nSPS) is 42.8. The molecule has 1 heterocycles. The van der Waals surface area contributed by atoms with E-state index in [1.54, 1.807) is 7.05 Å². The molecule has 6 saturated carbocycles. The van der Waals surface area contributed by atoms with E-state index >= 15 is 0 Å². The zero-order chi connectivity index (χ0) is 33.6. The molecule has 0 saturated heterocycles. The number of guanidine groups is 1. The largest absolute Gasteiger partial charge is 0.390 e.